The van der Waals surface area contributed by atoms with Gasteiger partial charge in [0, 0.05) is 0 Å². The number of hydrogen-bond acceptors (Lipinski definition) is 2. The maximum atomic E-state index is 7.00. The molecule has 0 aromatic rings. The smallest absolute Gasteiger partial charge is 0.429 e. The Bertz CT molecular complexity index is 45.7. The van der Waals surface area contributed by atoms with Crippen LogP contribution in [0.15, 0.2) is 0 Å². The van der Waals surface area contributed by atoms with E-state index in [1.165, 1.54) is 19.3 Å². The van der Waals surface area contributed by atoms with E-state index in [0.717, 1.165) is 5.92 Å². The molecule has 0 aromatic heterocycles. The van der Waals surface area contributed by atoms with Gasteiger partial charge in [-0.05, 0) is 5.92 Å². The average molecular weight is 115 g/mol. The summed E-state index contributed by atoms with van der Waals surface area (Å²) in [6, 6.07) is 0. The topological polar surface area (TPSA) is 40.5 Å². The van der Waals surface area contributed by atoms with Crippen molar-refractivity contribution in [2.24, 2.45) is 5.92 Å². The molecule has 0 amide bonds. The lowest BCUT2D eigenvalue weighted by atomic mass is 10.3. The zero-order chi connectivity index (χ0) is 6.41. The van der Waals surface area contributed by atoms with E-state index >= 15 is 0 Å². The van der Waals surface area contributed by atoms with Crippen LogP contribution in [0.4, 0.5) is 0 Å². The largest absolute Gasteiger partial charge is 0.482 e. The van der Waals surface area contributed by atoms with E-state index in [1.54, 1.807) is 0 Å². The summed E-state index contributed by atoms with van der Waals surface area (Å²) in [6.07, 6.45) is 4.44. The average Bonchev–Trinajstić information content (AvgIpc) is 2.48. The Kier molecular flexibility index (Phi) is 5.12. The van der Waals surface area contributed by atoms with Crippen LogP contribution in [-0.4, -0.2) is 17.7 Å². The summed E-state index contributed by atoms with van der Waals surface area (Å²) in [5.41, 5.74) is 0. The number of hydrogen-bond donors (Lipinski definition) is 2. The summed E-state index contributed by atoms with van der Waals surface area (Å²) in [5.74, 6) is 1.13. The molecule has 8 heavy (non-hydrogen) atoms. The molecule has 2 N–H and O–H groups in total. The lowest BCUT2D eigenvalue weighted by molar-refractivity contribution is 0.448. The molecule has 2 nitrogen and oxygen atoms in total. The highest BCUT2D eigenvalue weighted by molar-refractivity contribution is 6.13. The molecule has 1 radical (unpaired) electrons. The van der Waals surface area contributed by atoms with Gasteiger partial charge in [-0.25, -0.2) is 0 Å². The van der Waals surface area contributed by atoms with Crippen LogP contribution in [-0.2, 0) is 0 Å². The van der Waals surface area contributed by atoms with Crippen molar-refractivity contribution in [2.45, 2.75) is 26.2 Å². The zero-order valence-corrected chi connectivity index (χ0v) is 5.17. The quantitative estimate of drug-likeness (QED) is 0.483. The summed E-state index contributed by atoms with van der Waals surface area (Å²) in [6.45, 7) is 2.26. The molecule has 0 unspecified atom stereocenters. The second-order valence-corrected chi connectivity index (χ2v) is 1.97. The number of rotatable bonds is 1. The molecule has 1 rings (SSSR count). The molecule has 1 saturated carbocycles. The first-order valence-corrected chi connectivity index (χ1v) is 2.95. The maximum Gasteiger partial charge on any atom is 0.482 e. The maximum absolute atomic E-state index is 7.00. The Hall–Kier alpha value is -0.0151. The van der Waals surface area contributed by atoms with Crippen molar-refractivity contribution in [2.75, 3.05) is 0 Å². The first-order chi connectivity index (χ1) is 3.85. The Balaban J connectivity index is 0.000000145. The standard InChI is InChI=1S/C5H10.BH2O2/c1-2-5-3-4-5;2-1-3/h5H,2-4H2,1H3;2-3H. The molecule has 0 aromatic carbocycles. The highest BCUT2D eigenvalue weighted by atomic mass is 16.4. The van der Waals surface area contributed by atoms with Gasteiger partial charge in [-0.15, -0.1) is 0 Å². The van der Waals surface area contributed by atoms with Crippen molar-refractivity contribution >= 4 is 7.69 Å². The predicted octanol–water partition coefficient (Wildman–Crippen LogP) is 0.312. The fourth-order valence-electron chi connectivity index (χ4n) is 0.526. The zero-order valence-electron chi connectivity index (χ0n) is 5.17. The lowest BCUT2D eigenvalue weighted by Gasteiger charge is -1.72. The van der Waals surface area contributed by atoms with E-state index in [2.05, 4.69) is 6.92 Å². The third-order valence-corrected chi connectivity index (χ3v) is 1.27. The van der Waals surface area contributed by atoms with E-state index in [9.17, 15) is 0 Å². The minimum absolute atomic E-state index is 0. The third-order valence-electron chi connectivity index (χ3n) is 1.27. The Morgan fingerprint density at radius 3 is 1.88 bits per heavy atom. The first-order valence-electron chi connectivity index (χ1n) is 2.95. The van der Waals surface area contributed by atoms with E-state index in [4.69, 9.17) is 10.0 Å². The van der Waals surface area contributed by atoms with Crippen molar-refractivity contribution in [3.8, 4) is 0 Å². The van der Waals surface area contributed by atoms with Gasteiger partial charge < -0.3 is 10.0 Å². The molecule has 3 heteroatoms. The second-order valence-electron chi connectivity index (χ2n) is 1.97. The molecule has 1 aliphatic rings. The molecule has 0 atom stereocenters. The van der Waals surface area contributed by atoms with Crippen LogP contribution in [0.5, 0.6) is 0 Å². The van der Waals surface area contributed by atoms with Gasteiger partial charge in [0.05, 0.1) is 0 Å². The fraction of sp³-hybridized carbons (Fsp3) is 1.00. The van der Waals surface area contributed by atoms with Gasteiger partial charge in [-0.3, -0.25) is 0 Å². The molecule has 0 heterocycles. The summed E-state index contributed by atoms with van der Waals surface area (Å²) < 4.78 is 0. The van der Waals surface area contributed by atoms with Gasteiger partial charge in [-0.1, -0.05) is 26.2 Å². The highest BCUT2D eigenvalue weighted by Crippen LogP contribution is 2.31. The van der Waals surface area contributed by atoms with Gasteiger partial charge in [0.25, 0.3) is 0 Å². The second kappa shape index (κ2) is 5.13. The van der Waals surface area contributed by atoms with Gasteiger partial charge >= 0.3 is 7.69 Å². The molecule has 0 saturated heterocycles. The van der Waals surface area contributed by atoms with Crippen LogP contribution in [0.2, 0.25) is 0 Å². The Labute approximate surface area is 50.8 Å². The van der Waals surface area contributed by atoms with Crippen LogP contribution in [0, 0.1) is 5.92 Å². The summed E-state index contributed by atoms with van der Waals surface area (Å²) in [4.78, 5) is 0. The lowest BCUT2D eigenvalue weighted by Crippen LogP contribution is -1.75. The molecule has 0 spiro atoms. The van der Waals surface area contributed by atoms with E-state index in [0.29, 0.717) is 0 Å². The van der Waals surface area contributed by atoms with Gasteiger partial charge in [0.1, 0.15) is 0 Å². The van der Waals surface area contributed by atoms with Crippen molar-refractivity contribution in [1.82, 2.24) is 0 Å². The molecule has 0 aliphatic heterocycles. The van der Waals surface area contributed by atoms with Crippen molar-refractivity contribution in [3.63, 3.8) is 0 Å². The van der Waals surface area contributed by atoms with Gasteiger partial charge in [0.15, 0.2) is 0 Å². The Morgan fingerprint density at radius 1 is 1.50 bits per heavy atom. The molecule has 1 aliphatic carbocycles. The fourth-order valence-corrected chi connectivity index (χ4v) is 0.526. The minimum atomic E-state index is 0. The van der Waals surface area contributed by atoms with E-state index in [-0.39, 0.29) is 7.69 Å². The van der Waals surface area contributed by atoms with Crippen LogP contribution in [0.25, 0.3) is 0 Å². The molecular formula is C5H12BO2. The molecule has 1 fully saturated rings. The third kappa shape index (κ3) is 5.98. The van der Waals surface area contributed by atoms with Crippen molar-refractivity contribution < 1.29 is 10.0 Å². The van der Waals surface area contributed by atoms with E-state index in [1.807, 2.05) is 0 Å². The predicted molar refractivity (Wildman–Crippen MR) is 33.2 cm³/mol. The first kappa shape index (κ1) is 7.98. The van der Waals surface area contributed by atoms with Crippen molar-refractivity contribution in [1.29, 1.82) is 0 Å². The van der Waals surface area contributed by atoms with Crippen LogP contribution < -0.4 is 0 Å². The summed E-state index contributed by atoms with van der Waals surface area (Å²) in [5, 5.41) is 14.0. The molecule has 47 valence electrons. The normalized spacial score (nSPS) is 16.4. The van der Waals surface area contributed by atoms with E-state index < -0.39 is 0 Å². The SMILES string of the molecule is CCC1CC1.O[B]O. The van der Waals surface area contributed by atoms with Crippen LogP contribution >= 0.6 is 0 Å². The molecular weight excluding hydrogens is 103 g/mol. The Morgan fingerprint density at radius 2 is 1.88 bits per heavy atom. The summed E-state index contributed by atoms with van der Waals surface area (Å²) >= 11 is 0. The van der Waals surface area contributed by atoms with Crippen molar-refractivity contribution in [3.05, 3.63) is 0 Å². The van der Waals surface area contributed by atoms with Gasteiger partial charge in [-0.2, -0.15) is 0 Å². The molecule has 0 bridgehead atoms. The highest BCUT2D eigenvalue weighted by Gasteiger charge is 2.17. The monoisotopic (exact) mass is 115 g/mol. The van der Waals surface area contributed by atoms with Gasteiger partial charge in [0.2, 0.25) is 0 Å². The van der Waals surface area contributed by atoms with Crippen LogP contribution in [0.1, 0.15) is 26.2 Å². The minimum Gasteiger partial charge on any atom is -0.429 e. The summed E-state index contributed by atoms with van der Waals surface area (Å²) in [7, 11) is 0. The van der Waals surface area contributed by atoms with Crippen LogP contribution in [0.3, 0.4) is 0 Å².